The van der Waals surface area contributed by atoms with Gasteiger partial charge in [-0.05, 0) is 42.5 Å². The Morgan fingerprint density at radius 2 is 0.942 bits per heavy atom. The third-order valence-electron chi connectivity index (χ3n) is 9.97. The van der Waals surface area contributed by atoms with Gasteiger partial charge < -0.3 is 9.13 Å². The third-order valence-corrected chi connectivity index (χ3v) is 9.97. The summed E-state index contributed by atoms with van der Waals surface area (Å²) in [5, 5.41) is 15.5. The van der Waals surface area contributed by atoms with E-state index in [1.165, 1.54) is 10.8 Å². The number of nitrogens with zero attached hydrogens (tertiary/aromatic N) is 5. The molecule has 0 aliphatic rings. The summed E-state index contributed by atoms with van der Waals surface area (Å²) < 4.78 is 4.69. The molecule has 3 aromatic heterocycles. The largest absolute Gasteiger partial charge is 0.309 e. The minimum atomic E-state index is 0.439. The lowest BCUT2D eigenvalue weighted by Gasteiger charge is -2.15. The van der Waals surface area contributed by atoms with Crippen molar-refractivity contribution in [2.45, 2.75) is 0 Å². The molecule has 0 saturated carbocycles. The maximum atomic E-state index is 10.9. The molecule has 0 amide bonds. The zero-order chi connectivity index (χ0) is 34.6. The lowest BCUT2D eigenvalue weighted by Crippen LogP contribution is -2.02. The van der Waals surface area contributed by atoms with Gasteiger partial charge in [0.25, 0.3) is 0 Å². The number of rotatable bonds is 5. The van der Waals surface area contributed by atoms with E-state index in [0.717, 1.165) is 60.9 Å². The summed E-state index contributed by atoms with van der Waals surface area (Å²) in [6, 6.07) is 63.0. The molecule has 5 heteroatoms. The second-order valence-corrected chi connectivity index (χ2v) is 12.9. The van der Waals surface area contributed by atoms with Crippen LogP contribution in [0.3, 0.4) is 0 Å². The van der Waals surface area contributed by atoms with Crippen molar-refractivity contribution in [3.05, 3.63) is 181 Å². The van der Waals surface area contributed by atoms with Crippen molar-refractivity contribution in [3.63, 3.8) is 0 Å². The van der Waals surface area contributed by atoms with Gasteiger partial charge in [0.05, 0.1) is 33.5 Å². The Bertz CT molecular complexity index is 2990. The first-order valence-electron chi connectivity index (χ1n) is 17.3. The van der Waals surface area contributed by atoms with E-state index < -0.39 is 0 Å². The number of hydrogen-bond donors (Lipinski definition) is 0. The molecule has 52 heavy (non-hydrogen) atoms. The SMILES string of the molecule is N#Cc1c(-c2ccccc2)nc(-c2ccccc2)nc1-c1cccc2c3c4c5ccccc5n(-c5ccccc5)c4ccc3n(-c3ccccc3)c12. The predicted molar refractivity (Wildman–Crippen MR) is 212 cm³/mol. The summed E-state index contributed by atoms with van der Waals surface area (Å²) >= 11 is 0. The number of benzene rings is 7. The van der Waals surface area contributed by atoms with Crippen LogP contribution in [-0.4, -0.2) is 19.1 Å². The van der Waals surface area contributed by atoms with Crippen LogP contribution in [-0.2, 0) is 0 Å². The summed E-state index contributed by atoms with van der Waals surface area (Å²) in [7, 11) is 0. The Balaban J connectivity index is 1.39. The minimum Gasteiger partial charge on any atom is -0.309 e. The van der Waals surface area contributed by atoms with Gasteiger partial charge in [0.1, 0.15) is 11.6 Å². The standard InChI is InChI=1S/C47H29N5/c48-30-38-44(31-16-5-1-6-17-31)49-47(32-18-7-2-8-19-32)50-45(38)37-26-15-25-36-43-41(52(46(36)37)34-22-11-4-12-23-34)29-28-40-42(43)35-24-13-14-27-39(35)51(40)33-20-9-3-10-21-33/h1-29H. The van der Waals surface area contributed by atoms with E-state index in [0.29, 0.717) is 22.8 Å². The van der Waals surface area contributed by atoms with Crippen LogP contribution >= 0.6 is 0 Å². The molecule has 0 fully saturated rings. The van der Waals surface area contributed by atoms with Crippen molar-refractivity contribution in [3.8, 4) is 51.3 Å². The maximum absolute atomic E-state index is 10.9. The van der Waals surface area contributed by atoms with Gasteiger partial charge >= 0.3 is 0 Å². The Morgan fingerprint density at radius 1 is 0.423 bits per heavy atom. The molecule has 0 unspecified atom stereocenters. The Morgan fingerprint density at radius 3 is 1.62 bits per heavy atom. The van der Waals surface area contributed by atoms with E-state index >= 15 is 0 Å². The summed E-state index contributed by atoms with van der Waals surface area (Å²) in [5.41, 5.74) is 10.8. The second-order valence-electron chi connectivity index (χ2n) is 12.9. The van der Waals surface area contributed by atoms with Gasteiger partial charge in [-0.25, -0.2) is 9.97 Å². The quantitative estimate of drug-likeness (QED) is 0.184. The number of para-hydroxylation sites is 4. The first kappa shape index (κ1) is 29.6. The Kier molecular flexibility index (Phi) is 6.80. The van der Waals surface area contributed by atoms with E-state index in [2.05, 4.69) is 124 Å². The minimum absolute atomic E-state index is 0.439. The second kappa shape index (κ2) is 11.9. The number of hydrogen-bond acceptors (Lipinski definition) is 3. The van der Waals surface area contributed by atoms with Gasteiger partial charge in [-0.3, -0.25) is 0 Å². The van der Waals surface area contributed by atoms with Gasteiger partial charge in [0.15, 0.2) is 5.82 Å². The van der Waals surface area contributed by atoms with Gasteiger partial charge in [-0.1, -0.05) is 133 Å². The highest BCUT2D eigenvalue weighted by Crippen LogP contribution is 2.45. The van der Waals surface area contributed by atoms with Crippen LogP contribution in [0.15, 0.2) is 176 Å². The van der Waals surface area contributed by atoms with E-state index in [1.54, 1.807) is 0 Å². The van der Waals surface area contributed by atoms with E-state index in [9.17, 15) is 5.26 Å². The van der Waals surface area contributed by atoms with Crippen LogP contribution < -0.4 is 0 Å². The molecule has 0 aliphatic heterocycles. The smallest absolute Gasteiger partial charge is 0.160 e. The Labute approximate surface area is 299 Å². The zero-order valence-corrected chi connectivity index (χ0v) is 28.0. The highest BCUT2D eigenvalue weighted by molar-refractivity contribution is 6.30. The maximum Gasteiger partial charge on any atom is 0.160 e. The van der Waals surface area contributed by atoms with Crippen LogP contribution in [0.2, 0.25) is 0 Å². The summed E-state index contributed by atoms with van der Waals surface area (Å²) in [6.07, 6.45) is 0. The normalized spacial score (nSPS) is 11.4. The van der Waals surface area contributed by atoms with Crippen molar-refractivity contribution in [2.24, 2.45) is 0 Å². The van der Waals surface area contributed by atoms with Gasteiger partial charge in [-0.2, -0.15) is 5.26 Å². The average Bonchev–Trinajstić information content (AvgIpc) is 3.74. The molecule has 0 radical (unpaired) electrons. The molecular weight excluding hydrogens is 635 g/mol. The molecule has 0 N–H and O–H groups in total. The molecule has 3 heterocycles. The highest BCUT2D eigenvalue weighted by atomic mass is 15.0. The van der Waals surface area contributed by atoms with Crippen LogP contribution in [0.4, 0.5) is 0 Å². The van der Waals surface area contributed by atoms with Crippen LogP contribution in [0, 0.1) is 11.3 Å². The summed E-state index contributed by atoms with van der Waals surface area (Å²) in [6.45, 7) is 0. The fourth-order valence-corrected chi connectivity index (χ4v) is 7.79. The average molecular weight is 664 g/mol. The fraction of sp³-hybridized carbons (Fsp3) is 0. The molecule has 0 saturated heterocycles. The predicted octanol–water partition coefficient (Wildman–Crippen LogP) is 11.5. The van der Waals surface area contributed by atoms with Crippen molar-refractivity contribution in [2.75, 3.05) is 0 Å². The van der Waals surface area contributed by atoms with Crippen LogP contribution in [0.1, 0.15) is 5.56 Å². The molecule has 0 spiro atoms. The van der Waals surface area contributed by atoms with Gasteiger partial charge in [-0.15, -0.1) is 0 Å². The van der Waals surface area contributed by atoms with Crippen LogP contribution in [0.5, 0.6) is 0 Å². The number of aromatic nitrogens is 4. The topological polar surface area (TPSA) is 59.4 Å². The fourth-order valence-electron chi connectivity index (χ4n) is 7.79. The van der Waals surface area contributed by atoms with Crippen molar-refractivity contribution < 1.29 is 0 Å². The van der Waals surface area contributed by atoms with E-state index in [4.69, 9.17) is 9.97 Å². The molecule has 7 aromatic carbocycles. The summed E-state index contributed by atoms with van der Waals surface area (Å²) in [4.78, 5) is 10.3. The van der Waals surface area contributed by atoms with E-state index in [1.807, 2.05) is 66.7 Å². The summed E-state index contributed by atoms with van der Waals surface area (Å²) in [5.74, 6) is 0.571. The van der Waals surface area contributed by atoms with Crippen molar-refractivity contribution in [1.82, 2.24) is 19.1 Å². The first-order chi connectivity index (χ1) is 25.8. The molecular formula is C47H29N5. The van der Waals surface area contributed by atoms with Gasteiger partial charge in [0, 0.05) is 49.6 Å². The Hall–Kier alpha value is -7.29. The third kappa shape index (κ3) is 4.49. The monoisotopic (exact) mass is 663 g/mol. The lowest BCUT2D eigenvalue weighted by atomic mass is 9.98. The molecule has 0 bridgehead atoms. The molecule has 10 aromatic rings. The van der Waals surface area contributed by atoms with Crippen molar-refractivity contribution in [1.29, 1.82) is 5.26 Å². The first-order valence-corrected chi connectivity index (χ1v) is 17.3. The zero-order valence-electron chi connectivity index (χ0n) is 28.0. The van der Waals surface area contributed by atoms with Gasteiger partial charge in [0.2, 0.25) is 0 Å². The van der Waals surface area contributed by atoms with Crippen LogP contribution in [0.25, 0.3) is 88.9 Å². The molecule has 5 nitrogen and oxygen atoms in total. The van der Waals surface area contributed by atoms with Crippen molar-refractivity contribution >= 4 is 43.6 Å². The lowest BCUT2D eigenvalue weighted by molar-refractivity contribution is 1.15. The molecule has 0 atom stereocenters. The number of fused-ring (bicyclic) bond motifs is 7. The molecule has 10 rings (SSSR count). The molecule has 0 aliphatic carbocycles. The highest BCUT2D eigenvalue weighted by Gasteiger charge is 2.25. The van der Waals surface area contributed by atoms with E-state index in [-0.39, 0.29) is 0 Å². The molecule has 242 valence electrons. The number of nitriles is 1.